The number of nitrogens with zero attached hydrogens (tertiary/aromatic N) is 1. The molecule has 0 aromatic carbocycles. The van der Waals surface area contributed by atoms with Gasteiger partial charge in [0.2, 0.25) is 6.10 Å². The average molecular weight is 287 g/mol. The van der Waals surface area contributed by atoms with Crippen LogP contribution in [0.3, 0.4) is 0 Å². The molecule has 1 fully saturated rings. The van der Waals surface area contributed by atoms with E-state index in [4.69, 9.17) is 9.47 Å². The lowest BCUT2D eigenvalue weighted by Crippen LogP contribution is -2.54. The van der Waals surface area contributed by atoms with Crippen molar-refractivity contribution in [3.8, 4) is 0 Å². The van der Waals surface area contributed by atoms with Crippen LogP contribution in [0.5, 0.6) is 0 Å². The van der Waals surface area contributed by atoms with Crippen molar-refractivity contribution in [1.29, 1.82) is 0 Å². The molecule has 6 heteroatoms. The van der Waals surface area contributed by atoms with E-state index in [0.717, 1.165) is 0 Å². The summed E-state index contributed by atoms with van der Waals surface area (Å²) in [5.74, 6) is -0.717. The summed E-state index contributed by atoms with van der Waals surface area (Å²) < 4.78 is 15.7. The van der Waals surface area contributed by atoms with E-state index in [0.29, 0.717) is 6.61 Å². The van der Waals surface area contributed by atoms with Gasteiger partial charge in [-0.25, -0.2) is 9.59 Å². The molecule has 1 heterocycles. The third-order valence-corrected chi connectivity index (χ3v) is 3.37. The molecule has 0 spiro atoms. The maximum Gasteiger partial charge on any atom is 0.413 e. The van der Waals surface area contributed by atoms with Gasteiger partial charge in [-0.15, -0.1) is 0 Å². The van der Waals surface area contributed by atoms with Crippen molar-refractivity contribution in [3.05, 3.63) is 0 Å². The molecule has 1 aliphatic heterocycles. The quantitative estimate of drug-likeness (QED) is 0.744. The third-order valence-electron chi connectivity index (χ3n) is 3.37. The molecule has 0 aromatic rings. The van der Waals surface area contributed by atoms with Gasteiger partial charge in [0.1, 0.15) is 5.72 Å². The first-order chi connectivity index (χ1) is 9.03. The molecular formula is C14H25NO5. The number of ether oxygens (including phenoxy) is 3. The Labute approximate surface area is 120 Å². The minimum Gasteiger partial charge on any atom is -0.466 e. The van der Waals surface area contributed by atoms with Crippen LogP contribution in [0, 0.1) is 5.92 Å². The van der Waals surface area contributed by atoms with Crippen molar-refractivity contribution < 1.29 is 23.8 Å². The first kappa shape index (κ1) is 16.8. The Kier molecular flexibility index (Phi) is 4.69. The van der Waals surface area contributed by atoms with Gasteiger partial charge in [0.15, 0.2) is 0 Å². The number of esters is 1. The van der Waals surface area contributed by atoms with Crippen LogP contribution >= 0.6 is 0 Å². The van der Waals surface area contributed by atoms with Crippen LogP contribution in [0.1, 0.15) is 41.5 Å². The largest absolute Gasteiger partial charge is 0.466 e. The fourth-order valence-corrected chi connectivity index (χ4v) is 2.41. The molecule has 1 amide bonds. The van der Waals surface area contributed by atoms with Gasteiger partial charge in [0.05, 0.1) is 19.3 Å². The second-order valence-electron chi connectivity index (χ2n) is 6.45. The summed E-state index contributed by atoms with van der Waals surface area (Å²) in [7, 11) is 1.28. The predicted molar refractivity (Wildman–Crippen MR) is 73.1 cm³/mol. The van der Waals surface area contributed by atoms with Gasteiger partial charge >= 0.3 is 12.1 Å². The lowest BCUT2D eigenvalue weighted by molar-refractivity contribution is -0.155. The average Bonchev–Trinajstić information content (AvgIpc) is 2.54. The monoisotopic (exact) mass is 287 g/mol. The van der Waals surface area contributed by atoms with Crippen molar-refractivity contribution in [1.82, 2.24) is 4.90 Å². The summed E-state index contributed by atoms with van der Waals surface area (Å²) >= 11 is 0. The van der Waals surface area contributed by atoms with E-state index in [-0.39, 0.29) is 5.92 Å². The zero-order valence-corrected chi connectivity index (χ0v) is 13.4. The maximum atomic E-state index is 12.4. The van der Waals surface area contributed by atoms with Gasteiger partial charge in [-0.05, 0) is 27.7 Å². The minimum atomic E-state index is -0.917. The molecule has 0 unspecified atom stereocenters. The molecule has 116 valence electrons. The van der Waals surface area contributed by atoms with Crippen LogP contribution in [0.2, 0.25) is 0 Å². The first-order valence-electron chi connectivity index (χ1n) is 6.75. The molecular weight excluding hydrogens is 262 g/mol. The Bertz CT molecular complexity index is 373. The summed E-state index contributed by atoms with van der Waals surface area (Å²) in [4.78, 5) is 25.6. The predicted octanol–water partition coefficient (Wildman–Crippen LogP) is 2.17. The molecule has 1 atom stereocenters. The topological polar surface area (TPSA) is 65.1 Å². The highest BCUT2D eigenvalue weighted by Gasteiger charge is 2.50. The number of carbonyl (C=O) groups is 2. The second-order valence-corrected chi connectivity index (χ2v) is 6.45. The molecule has 0 bridgehead atoms. The first-order valence-corrected chi connectivity index (χ1v) is 6.75. The lowest BCUT2D eigenvalue weighted by atomic mass is 10.0. The summed E-state index contributed by atoms with van der Waals surface area (Å²) in [5.41, 5.74) is -1.25. The van der Waals surface area contributed by atoms with E-state index in [1.54, 1.807) is 27.7 Å². The van der Waals surface area contributed by atoms with Gasteiger partial charge in [-0.2, -0.15) is 0 Å². The van der Waals surface area contributed by atoms with Gasteiger partial charge < -0.3 is 14.2 Å². The standard InChI is InChI=1S/C14H25NO5/c1-9(2)10(11(16)18-7)20-12(17)15-13(3,4)8-19-14(15,5)6/h9-10H,8H2,1-7H3/t10-/m0/s1. The van der Waals surface area contributed by atoms with Crippen LogP contribution < -0.4 is 0 Å². The summed E-state index contributed by atoms with van der Waals surface area (Å²) in [6.07, 6.45) is -1.48. The highest BCUT2D eigenvalue weighted by atomic mass is 16.6. The number of hydrogen-bond acceptors (Lipinski definition) is 5. The zero-order chi connectivity index (χ0) is 15.7. The Morgan fingerprint density at radius 3 is 2.10 bits per heavy atom. The van der Waals surface area contributed by atoms with E-state index < -0.39 is 29.4 Å². The minimum absolute atomic E-state index is 0.166. The molecule has 0 aliphatic carbocycles. The van der Waals surface area contributed by atoms with Crippen LogP contribution in [0.25, 0.3) is 0 Å². The Hall–Kier alpha value is -1.30. The van der Waals surface area contributed by atoms with E-state index in [2.05, 4.69) is 4.74 Å². The number of hydrogen-bond donors (Lipinski definition) is 0. The normalized spacial score (nSPS) is 21.7. The summed E-state index contributed by atoms with van der Waals surface area (Å²) in [5, 5.41) is 0. The molecule has 0 saturated carbocycles. The van der Waals surface area contributed by atoms with E-state index in [1.165, 1.54) is 12.0 Å². The van der Waals surface area contributed by atoms with Crippen molar-refractivity contribution in [2.45, 2.75) is 58.9 Å². The number of rotatable bonds is 3. The Balaban J connectivity index is 2.91. The molecule has 0 radical (unpaired) electrons. The van der Waals surface area contributed by atoms with Gasteiger partial charge in [0.25, 0.3) is 0 Å². The smallest absolute Gasteiger partial charge is 0.413 e. The maximum absolute atomic E-state index is 12.4. The Morgan fingerprint density at radius 2 is 1.75 bits per heavy atom. The molecule has 1 saturated heterocycles. The Morgan fingerprint density at radius 1 is 1.20 bits per heavy atom. The molecule has 6 nitrogen and oxygen atoms in total. The molecule has 1 aliphatic rings. The van der Waals surface area contributed by atoms with Crippen molar-refractivity contribution >= 4 is 12.1 Å². The SMILES string of the molecule is COC(=O)[C@@H](OC(=O)N1C(C)(C)COC1(C)C)C(C)C. The fourth-order valence-electron chi connectivity index (χ4n) is 2.41. The molecule has 0 N–H and O–H groups in total. The number of amides is 1. The zero-order valence-electron chi connectivity index (χ0n) is 13.4. The highest BCUT2D eigenvalue weighted by Crippen LogP contribution is 2.35. The van der Waals surface area contributed by atoms with E-state index in [1.807, 2.05) is 13.8 Å². The summed E-state index contributed by atoms with van der Waals surface area (Å²) in [6, 6.07) is 0. The van der Waals surface area contributed by atoms with Crippen molar-refractivity contribution in [2.24, 2.45) is 5.92 Å². The number of methoxy groups -OCH3 is 1. The summed E-state index contributed by atoms with van der Waals surface area (Å²) in [6.45, 7) is 11.4. The van der Waals surface area contributed by atoms with Crippen LogP contribution in [-0.2, 0) is 19.0 Å². The fraction of sp³-hybridized carbons (Fsp3) is 0.857. The lowest BCUT2D eigenvalue weighted by Gasteiger charge is -2.37. The molecule has 1 rings (SSSR count). The molecule has 20 heavy (non-hydrogen) atoms. The van der Waals surface area contributed by atoms with Gasteiger partial charge in [0, 0.05) is 5.92 Å². The van der Waals surface area contributed by atoms with Crippen LogP contribution in [-0.4, -0.2) is 48.0 Å². The van der Waals surface area contributed by atoms with E-state index in [9.17, 15) is 9.59 Å². The van der Waals surface area contributed by atoms with Crippen molar-refractivity contribution in [3.63, 3.8) is 0 Å². The van der Waals surface area contributed by atoms with Crippen LogP contribution in [0.15, 0.2) is 0 Å². The van der Waals surface area contributed by atoms with Crippen LogP contribution in [0.4, 0.5) is 4.79 Å². The van der Waals surface area contributed by atoms with Crippen molar-refractivity contribution in [2.75, 3.05) is 13.7 Å². The third kappa shape index (κ3) is 3.23. The number of carbonyl (C=O) groups excluding carboxylic acids is 2. The van der Waals surface area contributed by atoms with Gasteiger partial charge in [-0.3, -0.25) is 4.90 Å². The van der Waals surface area contributed by atoms with E-state index >= 15 is 0 Å². The molecule has 0 aromatic heterocycles. The van der Waals surface area contributed by atoms with Gasteiger partial charge in [-0.1, -0.05) is 13.8 Å². The highest BCUT2D eigenvalue weighted by molar-refractivity contribution is 5.79. The second kappa shape index (κ2) is 5.60.